The van der Waals surface area contributed by atoms with Crippen molar-refractivity contribution in [2.75, 3.05) is 39.4 Å². The van der Waals surface area contributed by atoms with Crippen LogP contribution in [0.25, 0.3) is 5.57 Å². The van der Waals surface area contributed by atoms with E-state index in [-0.39, 0.29) is 12.0 Å². The molecule has 0 atom stereocenters. The van der Waals surface area contributed by atoms with Gasteiger partial charge in [0.1, 0.15) is 11.9 Å². The SMILES string of the molecule is C=C/C(=C\C=C1\C=NC(NC(=O)c2ccnc(OC3CNC3)c2)=CC1)c1cnn(C)c1CN1CCOCC1. The second-order valence-electron chi connectivity index (χ2n) is 9.37. The number of hydrogen-bond donors (Lipinski definition) is 2. The summed E-state index contributed by atoms with van der Waals surface area (Å²) in [5.74, 6) is 0.711. The number of aryl methyl sites for hydroxylation is 1. The van der Waals surface area contributed by atoms with Crippen LogP contribution in [0.5, 0.6) is 5.88 Å². The number of rotatable bonds is 9. The van der Waals surface area contributed by atoms with Crippen LogP contribution in [0.2, 0.25) is 0 Å². The number of ether oxygens (including phenoxy) is 2. The number of morpholine rings is 1. The van der Waals surface area contributed by atoms with Crippen molar-refractivity contribution in [2.45, 2.75) is 19.1 Å². The van der Waals surface area contributed by atoms with E-state index < -0.39 is 0 Å². The Bertz CT molecular complexity index is 1300. The van der Waals surface area contributed by atoms with Crippen LogP contribution < -0.4 is 15.4 Å². The second-order valence-corrected chi connectivity index (χ2v) is 9.37. The minimum atomic E-state index is -0.252. The number of aliphatic imine (C=N–C) groups is 1. The van der Waals surface area contributed by atoms with Crippen LogP contribution in [0.4, 0.5) is 0 Å². The lowest BCUT2D eigenvalue weighted by atomic mass is 10.0. The third-order valence-electron chi connectivity index (χ3n) is 6.72. The standard InChI is InChI=1S/C28H33N7O3/c1-3-21(24-18-32-34(2)25(24)19-35-10-12-37-13-11-35)6-4-20-5-7-26(31-15-20)33-28(36)22-8-9-30-27(14-22)38-23-16-29-17-23/h3-4,6-9,14-15,18,23,29H,1,5,10-13,16-17,19H2,2H3,(H,33,36)/b20-4+,21-6+. The van der Waals surface area contributed by atoms with E-state index in [9.17, 15) is 4.79 Å². The summed E-state index contributed by atoms with van der Waals surface area (Å²) in [4.78, 5) is 23.7. The first-order valence-corrected chi connectivity index (χ1v) is 12.8. The van der Waals surface area contributed by atoms with Crippen molar-refractivity contribution in [1.29, 1.82) is 0 Å². The van der Waals surface area contributed by atoms with E-state index >= 15 is 0 Å². The van der Waals surface area contributed by atoms with Gasteiger partial charge < -0.3 is 20.1 Å². The first kappa shape index (κ1) is 25.8. The lowest BCUT2D eigenvalue weighted by Crippen LogP contribution is -2.50. The molecule has 198 valence electrons. The van der Waals surface area contributed by atoms with Gasteiger partial charge in [0.15, 0.2) is 0 Å². The third kappa shape index (κ3) is 6.34. The molecule has 0 aromatic carbocycles. The highest BCUT2D eigenvalue weighted by Crippen LogP contribution is 2.23. The Morgan fingerprint density at radius 3 is 2.89 bits per heavy atom. The molecule has 0 aliphatic carbocycles. The summed E-state index contributed by atoms with van der Waals surface area (Å²) in [5, 5.41) is 10.5. The molecule has 2 fully saturated rings. The van der Waals surface area contributed by atoms with Gasteiger partial charge >= 0.3 is 0 Å². The number of amides is 1. The molecule has 0 spiro atoms. The molecule has 5 heterocycles. The van der Waals surface area contributed by atoms with Gasteiger partial charge in [-0.1, -0.05) is 24.8 Å². The van der Waals surface area contributed by atoms with Gasteiger partial charge in [-0.3, -0.25) is 14.4 Å². The van der Waals surface area contributed by atoms with Crippen LogP contribution in [0, 0.1) is 0 Å². The zero-order chi connectivity index (χ0) is 26.3. The zero-order valence-corrected chi connectivity index (χ0v) is 21.6. The van der Waals surface area contributed by atoms with Crippen molar-refractivity contribution >= 4 is 17.7 Å². The number of aromatic nitrogens is 3. The molecule has 38 heavy (non-hydrogen) atoms. The molecule has 0 saturated carbocycles. The largest absolute Gasteiger partial charge is 0.472 e. The Hall–Kier alpha value is -3.86. The van der Waals surface area contributed by atoms with Gasteiger partial charge in [-0.25, -0.2) is 9.98 Å². The molecule has 2 aromatic heterocycles. The Balaban J connectivity index is 1.21. The van der Waals surface area contributed by atoms with Crippen molar-refractivity contribution in [3.05, 3.63) is 83.6 Å². The highest BCUT2D eigenvalue weighted by molar-refractivity contribution is 5.96. The van der Waals surface area contributed by atoms with E-state index in [1.807, 2.05) is 42.2 Å². The van der Waals surface area contributed by atoms with E-state index in [0.717, 1.165) is 68.3 Å². The van der Waals surface area contributed by atoms with Gasteiger partial charge in [0.25, 0.3) is 5.91 Å². The van der Waals surface area contributed by atoms with E-state index in [2.05, 4.69) is 37.2 Å². The van der Waals surface area contributed by atoms with Crippen molar-refractivity contribution in [2.24, 2.45) is 12.0 Å². The predicted octanol–water partition coefficient (Wildman–Crippen LogP) is 2.24. The number of allylic oxidation sites excluding steroid dienone is 6. The van der Waals surface area contributed by atoms with Crippen molar-refractivity contribution in [3.8, 4) is 5.88 Å². The number of pyridine rings is 1. The summed E-state index contributed by atoms with van der Waals surface area (Å²) in [6, 6.07) is 3.31. The molecule has 1 amide bonds. The predicted molar refractivity (Wildman–Crippen MR) is 146 cm³/mol. The highest BCUT2D eigenvalue weighted by Gasteiger charge is 2.20. The number of nitrogens with one attached hydrogen (secondary N) is 2. The quantitative estimate of drug-likeness (QED) is 0.494. The maximum atomic E-state index is 12.7. The molecule has 0 unspecified atom stereocenters. The summed E-state index contributed by atoms with van der Waals surface area (Å²) >= 11 is 0. The summed E-state index contributed by atoms with van der Waals surface area (Å²) < 4.78 is 13.2. The molecule has 0 bridgehead atoms. The maximum absolute atomic E-state index is 12.7. The lowest BCUT2D eigenvalue weighted by Gasteiger charge is -2.27. The van der Waals surface area contributed by atoms with E-state index in [0.29, 0.717) is 23.7 Å². The second kappa shape index (κ2) is 12.1. The normalized spacial score (nSPS) is 19.7. The van der Waals surface area contributed by atoms with Crippen LogP contribution in [0.3, 0.4) is 0 Å². The van der Waals surface area contributed by atoms with Crippen LogP contribution in [0.15, 0.2) is 71.8 Å². The molecule has 3 aliphatic rings. The zero-order valence-electron chi connectivity index (χ0n) is 21.6. The van der Waals surface area contributed by atoms with Crippen LogP contribution in [-0.2, 0) is 18.3 Å². The smallest absolute Gasteiger partial charge is 0.257 e. The number of hydrogen-bond acceptors (Lipinski definition) is 8. The molecule has 3 aliphatic heterocycles. The molecule has 0 radical (unpaired) electrons. The number of carbonyl (C=O) groups is 1. The molecular weight excluding hydrogens is 482 g/mol. The lowest BCUT2D eigenvalue weighted by molar-refractivity contribution is 0.0331. The fourth-order valence-corrected chi connectivity index (χ4v) is 4.31. The molecule has 2 saturated heterocycles. The first-order chi connectivity index (χ1) is 18.6. The Kier molecular flexibility index (Phi) is 8.22. The Morgan fingerprint density at radius 2 is 2.18 bits per heavy atom. The van der Waals surface area contributed by atoms with E-state index in [1.54, 1.807) is 24.5 Å². The van der Waals surface area contributed by atoms with Gasteiger partial charge in [-0.05, 0) is 29.7 Å². The van der Waals surface area contributed by atoms with E-state index in [4.69, 9.17) is 9.47 Å². The highest BCUT2D eigenvalue weighted by atomic mass is 16.5. The van der Waals surface area contributed by atoms with Crippen molar-refractivity contribution in [1.82, 2.24) is 30.3 Å². The van der Waals surface area contributed by atoms with Crippen LogP contribution in [-0.4, -0.2) is 77.3 Å². The molecule has 10 heteroatoms. The fraction of sp³-hybridized carbons (Fsp3) is 0.357. The van der Waals surface area contributed by atoms with Gasteiger partial charge in [0, 0.05) is 69.4 Å². The van der Waals surface area contributed by atoms with Crippen LogP contribution in [0.1, 0.15) is 28.0 Å². The van der Waals surface area contributed by atoms with Gasteiger partial charge in [-0.15, -0.1) is 0 Å². The summed E-state index contributed by atoms with van der Waals surface area (Å²) in [6.07, 6.45) is 13.8. The minimum Gasteiger partial charge on any atom is -0.472 e. The molecule has 5 rings (SSSR count). The maximum Gasteiger partial charge on any atom is 0.257 e. The average molecular weight is 516 g/mol. The fourth-order valence-electron chi connectivity index (χ4n) is 4.31. The third-order valence-corrected chi connectivity index (χ3v) is 6.72. The Labute approximate surface area is 222 Å². The van der Waals surface area contributed by atoms with Gasteiger partial charge in [0.05, 0.1) is 25.1 Å². The summed E-state index contributed by atoms with van der Waals surface area (Å²) in [7, 11) is 1.97. The molecule has 2 N–H and O–H groups in total. The van der Waals surface area contributed by atoms with Crippen molar-refractivity contribution < 1.29 is 14.3 Å². The minimum absolute atomic E-state index is 0.0989. The first-order valence-electron chi connectivity index (χ1n) is 12.8. The van der Waals surface area contributed by atoms with E-state index in [1.165, 1.54) is 0 Å². The van der Waals surface area contributed by atoms with Gasteiger partial charge in [0.2, 0.25) is 5.88 Å². The molecule has 10 nitrogen and oxygen atoms in total. The number of nitrogens with zero attached hydrogens (tertiary/aromatic N) is 5. The average Bonchev–Trinajstić information content (AvgIpc) is 3.28. The summed E-state index contributed by atoms with van der Waals surface area (Å²) in [6.45, 7) is 9.76. The van der Waals surface area contributed by atoms with Gasteiger partial charge in [-0.2, -0.15) is 5.10 Å². The number of carbonyl (C=O) groups excluding carboxylic acids is 1. The summed E-state index contributed by atoms with van der Waals surface area (Å²) in [5.41, 5.74) is 4.71. The Morgan fingerprint density at radius 1 is 1.34 bits per heavy atom. The van der Waals surface area contributed by atoms with Crippen molar-refractivity contribution in [3.63, 3.8) is 0 Å². The molecule has 2 aromatic rings. The topological polar surface area (TPSA) is 106 Å². The molecular formula is C28H33N7O3. The monoisotopic (exact) mass is 515 g/mol. The van der Waals surface area contributed by atoms with Crippen LogP contribution >= 0.6 is 0 Å².